The van der Waals surface area contributed by atoms with E-state index in [1.807, 2.05) is 7.11 Å². The molecule has 2 rings (SSSR count). The van der Waals surface area contributed by atoms with Crippen molar-refractivity contribution in [1.82, 2.24) is 5.32 Å². The van der Waals surface area contributed by atoms with Crippen molar-refractivity contribution in [2.24, 2.45) is 0 Å². The zero-order valence-electron chi connectivity index (χ0n) is 12.5. The Morgan fingerprint density at radius 1 is 1.32 bits per heavy atom. The molecule has 1 aromatic rings. The summed E-state index contributed by atoms with van der Waals surface area (Å²) in [6.45, 7) is 2.23. The van der Waals surface area contributed by atoms with Gasteiger partial charge in [0.1, 0.15) is 0 Å². The molecule has 106 valence electrons. The Morgan fingerprint density at radius 3 is 2.63 bits per heavy atom. The van der Waals surface area contributed by atoms with Gasteiger partial charge in [0.15, 0.2) is 0 Å². The van der Waals surface area contributed by atoms with Crippen molar-refractivity contribution in [3.63, 3.8) is 0 Å². The summed E-state index contributed by atoms with van der Waals surface area (Å²) in [5, 5.41) is 3.50. The third kappa shape index (κ3) is 3.01. The van der Waals surface area contributed by atoms with Crippen LogP contribution >= 0.6 is 0 Å². The summed E-state index contributed by atoms with van der Waals surface area (Å²) in [7, 11) is 3.92. The highest BCUT2D eigenvalue weighted by atomic mass is 16.5. The maximum atomic E-state index is 5.94. The van der Waals surface area contributed by atoms with E-state index in [2.05, 4.69) is 43.6 Å². The van der Waals surface area contributed by atoms with Gasteiger partial charge in [0, 0.05) is 7.11 Å². The number of nitrogens with one attached hydrogen (secondary N) is 1. The largest absolute Gasteiger partial charge is 0.376 e. The highest BCUT2D eigenvalue weighted by Crippen LogP contribution is 2.42. The van der Waals surface area contributed by atoms with E-state index in [-0.39, 0.29) is 5.60 Å². The van der Waals surface area contributed by atoms with Crippen LogP contribution in [0.25, 0.3) is 0 Å². The predicted octanol–water partition coefficient (Wildman–Crippen LogP) is 3.86. The lowest BCUT2D eigenvalue weighted by Crippen LogP contribution is -2.42. The molecule has 1 aliphatic carbocycles. The van der Waals surface area contributed by atoms with E-state index in [4.69, 9.17) is 4.74 Å². The lowest BCUT2D eigenvalue weighted by Gasteiger charge is -2.36. The first kappa shape index (κ1) is 14.5. The monoisotopic (exact) mass is 261 g/mol. The second kappa shape index (κ2) is 6.53. The first-order chi connectivity index (χ1) is 9.25. The van der Waals surface area contributed by atoms with Crippen molar-refractivity contribution >= 4 is 0 Å². The Bertz CT molecular complexity index is 396. The van der Waals surface area contributed by atoms with Crippen LogP contribution in [0.5, 0.6) is 0 Å². The number of methoxy groups -OCH3 is 1. The number of likely N-dealkylation sites (N-methyl/N-ethyl adjacent to an activating group) is 1. The fourth-order valence-corrected chi connectivity index (χ4v) is 3.53. The van der Waals surface area contributed by atoms with Gasteiger partial charge in [0.25, 0.3) is 0 Å². The molecule has 2 nitrogen and oxygen atoms in total. The Labute approximate surface area is 117 Å². The number of rotatable bonds is 6. The summed E-state index contributed by atoms with van der Waals surface area (Å²) >= 11 is 0. The van der Waals surface area contributed by atoms with Crippen molar-refractivity contribution in [2.45, 2.75) is 57.1 Å². The molecule has 1 N–H and O–H groups in total. The number of hydrogen-bond acceptors (Lipinski definition) is 2. The molecule has 0 radical (unpaired) electrons. The Balaban J connectivity index is 2.27. The summed E-state index contributed by atoms with van der Waals surface area (Å²) in [6, 6.07) is 9.30. The van der Waals surface area contributed by atoms with Crippen LogP contribution in [0.2, 0.25) is 0 Å². The van der Waals surface area contributed by atoms with Gasteiger partial charge in [0.2, 0.25) is 0 Å². The highest BCUT2D eigenvalue weighted by Gasteiger charge is 2.41. The molecule has 1 saturated carbocycles. The van der Waals surface area contributed by atoms with Crippen molar-refractivity contribution in [3.05, 3.63) is 35.4 Å². The molecule has 0 spiro atoms. The minimum Gasteiger partial charge on any atom is -0.376 e. The second-order valence-corrected chi connectivity index (χ2v) is 5.69. The maximum absolute atomic E-state index is 5.94. The average Bonchev–Trinajstić information content (AvgIpc) is 2.90. The van der Waals surface area contributed by atoms with Crippen molar-refractivity contribution in [3.8, 4) is 0 Å². The fourth-order valence-electron chi connectivity index (χ4n) is 3.53. The van der Waals surface area contributed by atoms with Gasteiger partial charge in [0.05, 0.1) is 11.6 Å². The number of aryl methyl sites for hydroxylation is 1. The third-order valence-electron chi connectivity index (χ3n) is 4.49. The van der Waals surface area contributed by atoms with E-state index in [1.165, 1.54) is 30.4 Å². The molecule has 2 heteroatoms. The molecule has 1 atom stereocenters. The minimum atomic E-state index is -0.0143. The van der Waals surface area contributed by atoms with Gasteiger partial charge in [-0.05, 0) is 37.4 Å². The molecule has 0 aromatic heterocycles. The molecular formula is C17H27NO. The van der Waals surface area contributed by atoms with E-state index < -0.39 is 0 Å². The highest BCUT2D eigenvalue weighted by molar-refractivity contribution is 5.29. The van der Waals surface area contributed by atoms with Crippen LogP contribution in [-0.2, 0) is 11.2 Å². The predicted molar refractivity (Wildman–Crippen MR) is 80.4 cm³/mol. The van der Waals surface area contributed by atoms with E-state index in [1.54, 1.807) is 0 Å². The molecule has 1 unspecified atom stereocenters. The topological polar surface area (TPSA) is 21.3 Å². The van der Waals surface area contributed by atoms with Gasteiger partial charge >= 0.3 is 0 Å². The first-order valence-corrected chi connectivity index (χ1v) is 7.57. The summed E-state index contributed by atoms with van der Waals surface area (Å²) in [6.07, 6.45) is 7.23. The summed E-state index contributed by atoms with van der Waals surface area (Å²) in [5.74, 6) is 0. The van der Waals surface area contributed by atoms with Crippen LogP contribution in [0, 0.1) is 0 Å². The molecule has 1 fully saturated rings. The SMILES string of the molecule is CCCc1cccc(C(NC)C2(OC)CCCC2)c1. The Morgan fingerprint density at radius 2 is 2.05 bits per heavy atom. The van der Waals surface area contributed by atoms with Crippen molar-refractivity contribution in [1.29, 1.82) is 0 Å². The number of hydrogen-bond donors (Lipinski definition) is 1. The average molecular weight is 261 g/mol. The summed E-state index contributed by atoms with van der Waals surface area (Å²) in [4.78, 5) is 0. The molecule has 0 aliphatic heterocycles. The van der Waals surface area contributed by atoms with E-state index in [0.29, 0.717) is 6.04 Å². The molecule has 0 heterocycles. The smallest absolute Gasteiger partial charge is 0.0872 e. The van der Waals surface area contributed by atoms with E-state index in [9.17, 15) is 0 Å². The fraction of sp³-hybridized carbons (Fsp3) is 0.647. The van der Waals surface area contributed by atoms with Crippen LogP contribution in [0.4, 0.5) is 0 Å². The molecule has 19 heavy (non-hydrogen) atoms. The van der Waals surface area contributed by atoms with Crippen LogP contribution < -0.4 is 5.32 Å². The van der Waals surface area contributed by atoms with Crippen molar-refractivity contribution < 1.29 is 4.74 Å². The Hall–Kier alpha value is -0.860. The zero-order valence-corrected chi connectivity index (χ0v) is 12.5. The molecule has 0 amide bonds. The molecule has 0 bridgehead atoms. The summed E-state index contributed by atoms with van der Waals surface area (Å²) < 4.78 is 5.94. The van der Waals surface area contributed by atoms with Gasteiger partial charge in [-0.1, -0.05) is 50.5 Å². The Kier molecular flexibility index (Phi) is 5.00. The first-order valence-electron chi connectivity index (χ1n) is 7.57. The van der Waals surface area contributed by atoms with Crippen LogP contribution in [-0.4, -0.2) is 19.8 Å². The summed E-state index contributed by atoms with van der Waals surface area (Å²) in [5.41, 5.74) is 2.79. The van der Waals surface area contributed by atoms with Gasteiger partial charge in [-0.3, -0.25) is 0 Å². The molecule has 0 saturated heterocycles. The van der Waals surface area contributed by atoms with Crippen molar-refractivity contribution in [2.75, 3.05) is 14.2 Å². The van der Waals surface area contributed by atoms with Gasteiger partial charge in [-0.2, -0.15) is 0 Å². The second-order valence-electron chi connectivity index (χ2n) is 5.69. The van der Waals surface area contributed by atoms with Gasteiger partial charge in [-0.15, -0.1) is 0 Å². The zero-order chi connectivity index (χ0) is 13.7. The number of ether oxygens (including phenoxy) is 1. The number of benzene rings is 1. The molecule has 1 aromatic carbocycles. The van der Waals surface area contributed by atoms with E-state index in [0.717, 1.165) is 19.3 Å². The van der Waals surface area contributed by atoms with Crippen LogP contribution in [0.1, 0.15) is 56.2 Å². The van der Waals surface area contributed by atoms with Crippen LogP contribution in [0.15, 0.2) is 24.3 Å². The van der Waals surface area contributed by atoms with Crippen LogP contribution in [0.3, 0.4) is 0 Å². The lowest BCUT2D eigenvalue weighted by molar-refractivity contribution is -0.0349. The van der Waals surface area contributed by atoms with Gasteiger partial charge in [-0.25, -0.2) is 0 Å². The normalized spacial score (nSPS) is 19.5. The van der Waals surface area contributed by atoms with Gasteiger partial charge < -0.3 is 10.1 Å². The quantitative estimate of drug-likeness (QED) is 0.839. The lowest BCUT2D eigenvalue weighted by atomic mass is 9.86. The standard InChI is InChI=1S/C17H27NO/c1-4-8-14-9-7-10-15(13-14)16(18-2)17(19-3)11-5-6-12-17/h7,9-10,13,16,18H,4-6,8,11-12H2,1-3H3. The maximum Gasteiger partial charge on any atom is 0.0872 e. The minimum absolute atomic E-state index is 0.0143. The molecule has 1 aliphatic rings. The van der Waals surface area contributed by atoms with E-state index >= 15 is 0 Å². The molecular weight excluding hydrogens is 234 g/mol. The third-order valence-corrected chi connectivity index (χ3v) is 4.49.